The minimum Gasteiger partial charge on any atom is -0.266 e. The fourth-order valence-electron chi connectivity index (χ4n) is 1.99. The second kappa shape index (κ2) is 3.96. The van der Waals surface area contributed by atoms with E-state index in [1.165, 1.54) is 0 Å². The van der Waals surface area contributed by atoms with Crippen molar-refractivity contribution in [1.29, 1.82) is 0 Å². The molecule has 1 saturated heterocycles. The molecule has 1 unspecified atom stereocenters. The van der Waals surface area contributed by atoms with E-state index < -0.39 is 10.1 Å². The van der Waals surface area contributed by atoms with Gasteiger partial charge in [-0.15, -0.1) is 0 Å². The van der Waals surface area contributed by atoms with E-state index in [2.05, 4.69) is 20.8 Å². The SMILES string of the molecule is CCC(C(C)C)[C@@H]1CCS(=O)(=O)O1. The van der Waals surface area contributed by atoms with Crippen molar-refractivity contribution < 1.29 is 12.6 Å². The Morgan fingerprint density at radius 2 is 2.08 bits per heavy atom. The van der Waals surface area contributed by atoms with E-state index in [-0.39, 0.29) is 11.9 Å². The molecule has 3 nitrogen and oxygen atoms in total. The summed E-state index contributed by atoms with van der Waals surface area (Å²) in [4.78, 5) is 0. The van der Waals surface area contributed by atoms with Crippen LogP contribution in [0.3, 0.4) is 0 Å². The second-order valence-corrected chi connectivity index (χ2v) is 5.72. The van der Waals surface area contributed by atoms with Gasteiger partial charge in [0, 0.05) is 0 Å². The van der Waals surface area contributed by atoms with Crippen molar-refractivity contribution in [2.45, 2.75) is 39.7 Å². The third-order valence-electron chi connectivity index (χ3n) is 2.73. The Labute approximate surface area is 80.6 Å². The van der Waals surface area contributed by atoms with Crippen molar-refractivity contribution in [3.05, 3.63) is 0 Å². The molecule has 0 aromatic rings. The van der Waals surface area contributed by atoms with Crippen LogP contribution in [-0.4, -0.2) is 20.3 Å². The van der Waals surface area contributed by atoms with Crippen molar-refractivity contribution in [2.24, 2.45) is 11.8 Å². The molecule has 4 heteroatoms. The fourth-order valence-corrected chi connectivity index (χ4v) is 3.23. The summed E-state index contributed by atoms with van der Waals surface area (Å²) >= 11 is 0. The molecular formula is C9H18O3S. The maximum absolute atomic E-state index is 11.1. The van der Waals surface area contributed by atoms with Crippen LogP contribution in [0.5, 0.6) is 0 Å². The minimum atomic E-state index is -3.18. The van der Waals surface area contributed by atoms with Gasteiger partial charge in [0.1, 0.15) is 0 Å². The Morgan fingerprint density at radius 3 is 2.38 bits per heavy atom. The molecule has 1 rings (SSSR count). The molecule has 0 amide bonds. The first-order valence-corrected chi connectivity index (χ1v) is 6.45. The Bertz CT molecular complexity index is 256. The summed E-state index contributed by atoms with van der Waals surface area (Å²) in [6.07, 6.45) is 1.58. The molecule has 1 heterocycles. The third kappa shape index (κ3) is 2.68. The van der Waals surface area contributed by atoms with Crippen LogP contribution >= 0.6 is 0 Å². The molecule has 0 aromatic heterocycles. The maximum atomic E-state index is 11.1. The lowest BCUT2D eigenvalue weighted by Gasteiger charge is -2.23. The van der Waals surface area contributed by atoms with Crippen molar-refractivity contribution in [3.8, 4) is 0 Å². The lowest BCUT2D eigenvalue weighted by molar-refractivity contribution is 0.125. The van der Waals surface area contributed by atoms with Crippen LogP contribution in [0.15, 0.2) is 0 Å². The summed E-state index contributed by atoms with van der Waals surface area (Å²) in [5.41, 5.74) is 0. The molecule has 1 aliphatic heterocycles. The van der Waals surface area contributed by atoms with Crippen LogP contribution in [0, 0.1) is 11.8 Å². The quantitative estimate of drug-likeness (QED) is 0.661. The fraction of sp³-hybridized carbons (Fsp3) is 1.00. The number of rotatable bonds is 3. The van der Waals surface area contributed by atoms with Crippen LogP contribution in [0.4, 0.5) is 0 Å². The van der Waals surface area contributed by atoms with Gasteiger partial charge in [-0.05, 0) is 18.3 Å². The Hall–Kier alpha value is -0.0900. The summed E-state index contributed by atoms with van der Waals surface area (Å²) in [5, 5.41) is 0. The normalized spacial score (nSPS) is 29.4. The highest BCUT2D eigenvalue weighted by Gasteiger charge is 2.34. The van der Waals surface area contributed by atoms with E-state index in [1.807, 2.05) is 0 Å². The van der Waals surface area contributed by atoms with E-state index in [0.29, 0.717) is 18.3 Å². The van der Waals surface area contributed by atoms with Crippen molar-refractivity contribution in [1.82, 2.24) is 0 Å². The molecule has 0 saturated carbocycles. The van der Waals surface area contributed by atoms with Crippen molar-refractivity contribution in [2.75, 3.05) is 5.75 Å². The van der Waals surface area contributed by atoms with Gasteiger partial charge in [-0.2, -0.15) is 8.42 Å². The van der Waals surface area contributed by atoms with E-state index in [9.17, 15) is 8.42 Å². The van der Waals surface area contributed by atoms with Crippen LogP contribution in [0.1, 0.15) is 33.6 Å². The van der Waals surface area contributed by atoms with Crippen molar-refractivity contribution >= 4 is 10.1 Å². The maximum Gasteiger partial charge on any atom is 0.267 e. The monoisotopic (exact) mass is 206 g/mol. The average molecular weight is 206 g/mol. The predicted molar refractivity (Wildman–Crippen MR) is 51.9 cm³/mol. The summed E-state index contributed by atoms with van der Waals surface area (Å²) in [6.45, 7) is 6.31. The van der Waals surface area contributed by atoms with Gasteiger partial charge in [0.25, 0.3) is 10.1 Å². The van der Waals surface area contributed by atoms with Gasteiger partial charge in [0.05, 0.1) is 11.9 Å². The van der Waals surface area contributed by atoms with Gasteiger partial charge in [-0.25, -0.2) is 0 Å². The average Bonchev–Trinajstić information content (AvgIpc) is 2.31. The first-order valence-electron chi connectivity index (χ1n) is 4.87. The van der Waals surface area contributed by atoms with Gasteiger partial charge in [0.15, 0.2) is 0 Å². The van der Waals surface area contributed by atoms with E-state index in [4.69, 9.17) is 4.18 Å². The largest absolute Gasteiger partial charge is 0.267 e. The number of hydrogen-bond acceptors (Lipinski definition) is 3. The zero-order valence-corrected chi connectivity index (χ0v) is 9.30. The van der Waals surface area contributed by atoms with Gasteiger partial charge < -0.3 is 0 Å². The summed E-state index contributed by atoms with van der Waals surface area (Å²) in [6, 6.07) is 0. The third-order valence-corrected chi connectivity index (χ3v) is 4.00. The molecule has 0 spiro atoms. The topological polar surface area (TPSA) is 43.4 Å². The molecular weight excluding hydrogens is 188 g/mol. The highest BCUT2D eigenvalue weighted by atomic mass is 32.2. The lowest BCUT2D eigenvalue weighted by Crippen LogP contribution is -2.24. The Kier molecular flexibility index (Phi) is 3.35. The Morgan fingerprint density at radius 1 is 1.46 bits per heavy atom. The molecule has 78 valence electrons. The lowest BCUT2D eigenvalue weighted by atomic mass is 9.87. The van der Waals surface area contributed by atoms with E-state index >= 15 is 0 Å². The van der Waals surface area contributed by atoms with Gasteiger partial charge in [0.2, 0.25) is 0 Å². The molecule has 2 atom stereocenters. The number of hydrogen-bond donors (Lipinski definition) is 0. The smallest absolute Gasteiger partial charge is 0.266 e. The summed E-state index contributed by atoms with van der Waals surface area (Å²) in [5.74, 6) is 1.06. The zero-order chi connectivity index (χ0) is 10.1. The molecule has 1 fully saturated rings. The first-order chi connectivity index (χ1) is 5.96. The van der Waals surface area contributed by atoms with Crippen LogP contribution in [-0.2, 0) is 14.3 Å². The van der Waals surface area contributed by atoms with Crippen LogP contribution < -0.4 is 0 Å². The highest BCUT2D eigenvalue weighted by Crippen LogP contribution is 2.29. The second-order valence-electron chi connectivity index (χ2n) is 4.00. The zero-order valence-electron chi connectivity index (χ0n) is 8.49. The predicted octanol–water partition coefficient (Wildman–Crippen LogP) is 1.79. The van der Waals surface area contributed by atoms with E-state index in [1.54, 1.807) is 0 Å². The van der Waals surface area contributed by atoms with Crippen molar-refractivity contribution in [3.63, 3.8) is 0 Å². The van der Waals surface area contributed by atoms with Crippen LogP contribution in [0.25, 0.3) is 0 Å². The molecule has 0 N–H and O–H groups in total. The highest BCUT2D eigenvalue weighted by molar-refractivity contribution is 7.86. The molecule has 0 aromatic carbocycles. The molecule has 13 heavy (non-hydrogen) atoms. The molecule has 0 aliphatic carbocycles. The van der Waals surface area contributed by atoms with Gasteiger partial charge in [-0.3, -0.25) is 4.18 Å². The summed E-state index contributed by atoms with van der Waals surface area (Å²) < 4.78 is 27.2. The van der Waals surface area contributed by atoms with Gasteiger partial charge in [-0.1, -0.05) is 27.2 Å². The Balaban J connectivity index is 2.63. The molecule has 0 bridgehead atoms. The molecule has 0 radical (unpaired) electrons. The van der Waals surface area contributed by atoms with E-state index in [0.717, 1.165) is 6.42 Å². The first kappa shape index (κ1) is 11.0. The summed E-state index contributed by atoms with van der Waals surface area (Å²) in [7, 11) is -3.18. The minimum absolute atomic E-state index is 0.0741. The van der Waals surface area contributed by atoms with Crippen LogP contribution in [0.2, 0.25) is 0 Å². The van der Waals surface area contributed by atoms with Gasteiger partial charge >= 0.3 is 0 Å². The standard InChI is InChI=1S/C9H18O3S/c1-4-8(7(2)3)9-5-6-13(10,11)12-9/h7-9H,4-6H2,1-3H3/t8?,9-/m0/s1. The molecule has 1 aliphatic rings.